The van der Waals surface area contributed by atoms with Crippen molar-refractivity contribution in [2.75, 3.05) is 5.73 Å². The van der Waals surface area contributed by atoms with Crippen LogP contribution < -0.4 is 11.3 Å². The normalized spacial score (nSPS) is 11.5. The van der Waals surface area contributed by atoms with Crippen LogP contribution in [0.4, 0.5) is 10.2 Å². The van der Waals surface area contributed by atoms with Gasteiger partial charge in [0.15, 0.2) is 11.5 Å². The van der Waals surface area contributed by atoms with Crippen LogP contribution in [0.5, 0.6) is 5.75 Å². The average molecular weight is 497 g/mol. The number of hydrogen-bond acceptors (Lipinski definition) is 7. The molecule has 0 aliphatic carbocycles. The van der Waals surface area contributed by atoms with Crippen molar-refractivity contribution in [3.63, 3.8) is 0 Å². The Bertz CT molecular complexity index is 1880. The molecule has 37 heavy (non-hydrogen) atoms. The molecule has 4 aromatic heterocycles. The molecule has 2 aromatic carbocycles. The SMILES string of the molecule is Cc1ccccc1-n1c(Cn2nc(-c3cc(O)cc(F)c3)c3c(N)ncnc32)nn2ccc(C)c2c1=O. The predicted octanol–water partition coefficient (Wildman–Crippen LogP) is 3.38. The first-order chi connectivity index (χ1) is 17.8. The first-order valence-corrected chi connectivity index (χ1v) is 11.4. The van der Waals surface area contributed by atoms with Crippen molar-refractivity contribution >= 4 is 22.4 Å². The number of halogens is 1. The Labute approximate surface area is 209 Å². The molecule has 3 N–H and O–H groups in total. The van der Waals surface area contributed by atoms with Gasteiger partial charge in [0, 0.05) is 17.8 Å². The lowest BCUT2D eigenvalue weighted by molar-refractivity contribution is 0.469. The number of phenols is 1. The summed E-state index contributed by atoms with van der Waals surface area (Å²) < 4.78 is 18.8. The number of aryl methyl sites for hydroxylation is 2. The van der Waals surface area contributed by atoms with Crippen LogP contribution in [0.25, 0.3) is 33.5 Å². The van der Waals surface area contributed by atoms with Crippen LogP contribution in [0.1, 0.15) is 17.0 Å². The van der Waals surface area contributed by atoms with Gasteiger partial charge in [-0.3, -0.25) is 9.36 Å². The van der Waals surface area contributed by atoms with Crippen LogP contribution in [0.15, 0.2) is 65.8 Å². The molecule has 0 amide bonds. The Morgan fingerprint density at radius 2 is 1.84 bits per heavy atom. The summed E-state index contributed by atoms with van der Waals surface area (Å²) in [6.45, 7) is 3.83. The molecule has 0 saturated heterocycles. The zero-order chi connectivity index (χ0) is 25.8. The van der Waals surface area contributed by atoms with Gasteiger partial charge in [-0.05, 0) is 49.2 Å². The smallest absolute Gasteiger partial charge is 0.282 e. The Hall–Kier alpha value is -5.06. The lowest BCUT2D eigenvalue weighted by Crippen LogP contribution is -2.28. The number of aromatic hydroxyl groups is 1. The van der Waals surface area contributed by atoms with Crippen molar-refractivity contribution in [1.29, 1.82) is 0 Å². The fourth-order valence-corrected chi connectivity index (χ4v) is 4.61. The molecule has 0 fully saturated rings. The van der Waals surface area contributed by atoms with Gasteiger partial charge in [0.1, 0.15) is 41.5 Å². The van der Waals surface area contributed by atoms with Gasteiger partial charge in [0.2, 0.25) is 0 Å². The number of nitrogen functional groups attached to an aromatic ring is 1. The third-order valence-electron chi connectivity index (χ3n) is 6.32. The second-order valence-corrected chi connectivity index (χ2v) is 8.80. The predicted molar refractivity (Wildman–Crippen MR) is 136 cm³/mol. The van der Waals surface area contributed by atoms with Crippen LogP contribution in [-0.4, -0.2) is 39.0 Å². The molecule has 184 valence electrons. The lowest BCUT2D eigenvalue weighted by atomic mass is 10.1. The summed E-state index contributed by atoms with van der Waals surface area (Å²) in [5.41, 5.74) is 9.82. The van der Waals surface area contributed by atoms with E-state index in [0.29, 0.717) is 39.3 Å². The van der Waals surface area contributed by atoms with E-state index in [-0.39, 0.29) is 23.7 Å². The molecule has 0 bridgehead atoms. The van der Waals surface area contributed by atoms with E-state index in [4.69, 9.17) is 10.8 Å². The van der Waals surface area contributed by atoms with Crippen molar-refractivity contribution in [3.05, 3.63) is 94.2 Å². The Morgan fingerprint density at radius 3 is 2.62 bits per heavy atom. The molecule has 0 atom stereocenters. The number of anilines is 1. The maximum Gasteiger partial charge on any atom is 0.282 e. The van der Waals surface area contributed by atoms with Crippen molar-refractivity contribution in [2.45, 2.75) is 20.4 Å². The van der Waals surface area contributed by atoms with Gasteiger partial charge in [-0.2, -0.15) is 10.2 Å². The zero-order valence-corrected chi connectivity index (χ0v) is 19.9. The second-order valence-electron chi connectivity index (χ2n) is 8.80. The molecule has 0 unspecified atom stereocenters. The summed E-state index contributed by atoms with van der Waals surface area (Å²) in [5.74, 6) is -0.332. The van der Waals surface area contributed by atoms with Crippen molar-refractivity contribution in [2.24, 2.45) is 0 Å². The van der Waals surface area contributed by atoms with Crippen LogP contribution in [0.2, 0.25) is 0 Å². The first kappa shape index (κ1) is 22.4. The minimum atomic E-state index is -0.628. The number of phenolic OH excluding ortho intramolecular Hbond substituents is 1. The first-order valence-electron chi connectivity index (χ1n) is 11.4. The minimum absolute atomic E-state index is 0.0466. The third kappa shape index (κ3) is 3.59. The summed E-state index contributed by atoms with van der Waals surface area (Å²) in [4.78, 5) is 22.2. The number of aromatic nitrogens is 7. The van der Waals surface area contributed by atoms with E-state index < -0.39 is 5.82 Å². The molecule has 6 aromatic rings. The van der Waals surface area contributed by atoms with Crippen molar-refractivity contribution in [1.82, 2.24) is 33.9 Å². The van der Waals surface area contributed by atoms with E-state index in [2.05, 4.69) is 15.1 Å². The van der Waals surface area contributed by atoms with Gasteiger partial charge >= 0.3 is 0 Å². The molecule has 0 saturated carbocycles. The largest absolute Gasteiger partial charge is 0.508 e. The van der Waals surface area contributed by atoms with Gasteiger partial charge in [0.25, 0.3) is 5.56 Å². The molecule has 11 heteroatoms. The number of para-hydroxylation sites is 1. The Balaban J connectivity index is 1.62. The summed E-state index contributed by atoms with van der Waals surface area (Å²) in [6, 6.07) is 13.0. The van der Waals surface area contributed by atoms with Crippen molar-refractivity contribution < 1.29 is 9.50 Å². The van der Waals surface area contributed by atoms with Gasteiger partial charge in [-0.1, -0.05) is 18.2 Å². The minimum Gasteiger partial charge on any atom is -0.508 e. The summed E-state index contributed by atoms with van der Waals surface area (Å²) >= 11 is 0. The number of benzene rings is 2. The van der Waals surface area contributed by atoms with E-state index in [0.717, 1.165) is 17.2 Å². The van der Waals surface area contributed by atoms with E-state index >= 15 is 0 Å². The monoisotopic (exact) mass is 496 g/mol. The topological polar surface area (TPSA) is 129 Å². The molecule has 0 radical (unpaired) electrons. The summed E-state index contributed by atoms with van der Waals surface area (Å²) in [6.07, 6.45) is 3.04. The third-order valence-corrected chi connectivity index (χ3v) is 6.32. The van der Waals surface area contributed by atoms with E-state index in [1.54, 1.807) is 20.0 Å². The summed E-state index contributed by atoms with van der Waals surface area (Å²) in [7, 11) is 0. The van der Waals surface area contributed by atoms with Gasteiger partial charge in [0.05, 0.1) is 11.1 Å². The van der Waals surface area contributed by atoms with Gasteiger partial charge in [-0.25, -0.2) is 23.6 Å². The van der Waals surface area contributed by atoms with Crippen LogP contribution in [-0.2, 0) is 6.54 Å². The Morgan fingerprint density at radius 1 is 1.03 bits per heavy atom. The number of nitrogens with zero attached hydrogens (tertiary/aromatic N) is 7. The second kappa shape index (κ2) is 8.26. The number of hydrogen-bond donors (Lipinski definition) is 2. The van der Waals surface area contributed by atoms with Crippen LogP contribution in [0.3, 0.4) is 0 Å². The lowest BCUT2D eigenvalue weighted by Gasteiger charge is -2.15. The van der Waals surface area contributed by atoms with E-state index in [1.807, 2.05) is 44.2 Å². The molecule has 6 rings (SSSR count). The standard InChI is InChI=1S/C26H21FN8O2/c1-14-5-3-4-6-19(14)35-20(31-33-8-7-15(2)23(33)26(35)37)12-34-25-21(24(28)29-13-30-25)22(32-34)16-9-17(27)11-18(36)10-16/h3-11,13,36H,12H2,1-2H3,(H2,28,29,30). The number of rotatable bonds is 4. The highest BCUT2D eigenvalue weighted by Crippen LogP contribution is 2.32. The number of fused-ring (bicyclic) bond motifs is 2. The molecular weight excluding hydrogens is 475 g/mol. The fraction of sp³-hybridized carbons (Fsp3) is 0.115. The molecule has 10 nitrogen and oxygen atoms in total. The number of nitrogens with two attached hydrogens (primary N) is 1. The fourth-order valence-electron chi connectivity index (χ4n) is 4.61. The van der Waals surface area contributed by atoms with E-state index in [1.165, 1.54) is 18.5 Å². The zero-order valence-electron chi connectivity index (χ0n) is 19.9. The van der Waals surface area contributed by atoms with Gasteiger partial charge in [-0.15, -0.1) is 0 Å². The summed E-state index contributed by atoms with van der Waals surface area (Å²) in [5, 5.41) is 19.8. The quantitative estimate of drug-likeness (QED) is 0.383. The van der Waals surface area contributed by atoms with Crippen molar-refractivity contribution in [3.8, 4) is 22.7 Å². The van der Waals surface area contributed by atoms with Crippen LogP contribution >= 0.6 is 0 Å². The van der Waals surface area contributed by atoms with Gasteiger partial charge < -0.3 is 10.8 Å². The molecule has 4 heterocycles. The average Bonchev–Trinajstić information content (AvgIpc) is 3.41. The molecule has 0 aliphatic rings. The Kier molecular flexibility index (Phi) is 5.00. The molecule has 0 spiro atoms. The highest BCUT2D eigenvalue weighted by atomic mass is 19.1. The maximum absolute atomic E-state index is 14.1. The highest BCUT2D eigenvalue weighted by molar-refractivity contribution is 5.98. The van der Waals surface area contributed by atoms with E-state index in [9.17, 15) is 14.3 Å². The molecular formula is C26H21FN8O2. The molecule has 0 aliphatic heterocycles. The highest BCUT2D eigenvalue weighted by Gasteiger charge is 2.22. The maximum atomic E-state index is 14.1. The van der Waals surface area contributed by atoms with Crippen LogP contribution in [0, 0.1) is 19.7 Å².